The van der Waals surface area contributed by atoms with E-state index in [1.807, 2.05) is 49.1 Å². The summed E-state index contributed by atoms with van der Waals surface area (Å²) in [5.74, 6) is 1.78. The van der Waals surface area contributed by atoms with E-state index in [1.54, 1.807) is 7.11 Å². The summed E-state index contributed by atoms with van der Waals surface area (Å²) < 4.78 is 13.6. The first-order valence-corrected chi connectivity index (χ1v) is 10.4. The fraction of sp³-hybridized carbons (Fsp3) is 0.292. The SMILES string of the molecule is COc1ccc2c(c1)nc1n2C(CN(Cc2cccnc2)Cc2cccnc2)COC1. The maximum absolute atomic E-state index is 5.93. The summed E-state index contributed by atoms with van der Waals surface area (Å²) in [5.41, 5.74) is 4.43. The first-order chi connectivity index (χ1) is 15.3. The summed E-state index contributed by atoms with van der Waals surface area (Å²) in [6.07, 6.45) is 7.47. The topological polar surface area (TPSA) is 65.3 Å². The van der Waals surface area contributed by atoms with Crippen LogP contribution in [0.15, 0.2) is 67.3 Å². The van der Waals surface area contributed by atoms with Crippen LogP contribution in [0.3, 0.4) is 0 Å². The van der Waals surface area contributed by atoms with Crippen LogP contribution < -0.4 is 4.74 Å². The maximum Gasteiger partial charge on any atom is 0.136 e. The number of aromatic nitrogens is 4. The fourth-order valence-electron chi connectivity index (χ4n) is 4.24. The summed E-state index contributed by atoms with van der Waals surface area (Å²) in [4.78, 5) is 15.8. The van der Waals surface area contributed by atoms with Crippen LogP contribution in [0, 0.1) is 0 Å². The number of imidazole rings is 1. The Labute approximate surface area is 181 Å². The second-order valence-corrected chi connectivity index (χ2v) is 7.81. The normalized spacial score (nSPS) is 15.9. The molecule has 0 bridgehead atoms. The molecule has 3 aromatic heterocycles. The lowest BCUT2D eigenvalue weighted by Crippen LogP contribution is -2.35. The van der Waals surface area contributed by atoms with Gasteiger partial charge in [0.2, 0.25) is 0 Å². The van der Waals surface area contributed by atoms with Crippen LogP contribution in [0.2, 0.25) is 0 Å². The van der Waals surface area contributed by atoms with E-state index >= 15 is 0 Å². The molecule has 31 heavy (non-hydrogen) atoms. The Bertz CT molecular complexity index is 1110. The highest BCUT2D eigenvalue weighted by atomic mass is 16.5. The molecule has 7 heteroatoms. The molecule has 0 fully saturated rings. The van der Waals surface area contributed by atoms with E-state index in [9.17, 15) is 0 Å². The van der Waals surface area contributed by atoms with Crippen molar-refractivity contribution in [2.24, 2.45) is 0 Å². The standard InChI is InChI=1S/C24H25N5O2/c1-30-21-6-7-23-22(10-21)27-24-17-31-16-20(29(23)24)15-28(13-18-4-2-8-25-11-18)14-19-5-3-9-26-12-19/h2-12,20H,13-17H2,1H3. The third kappa shape index (κ3) is 4.28. The van der Waals surface area contributed by atoms with Gasteiger partial charge in [0.25, 0.3) is 0 Å². The van der Waals surface area contributed by atoms with E-state index in [-0.39, 0.29) is 6.04 Å². The van der Waals surface area contributed by atoms with E-state index in [0.29, 0.717) is 13.2 Å². The van der Waals surface area contributed by atoms with Gasteiger partial charge in [-0.3, -0.25) is 14.9 Å². The van der Waals surface area contributed by atoms with Crippen molar-refractivity contribution >= 4 is 11.0 Å². The van der Waals surface area contributed by atoms with Crippen molar-refractivity contribution in [3.05, 3.63) is 84.2 Å². The zero-order chi connectivity index (χ0) is 21.0. The Morgan fingerprint density at radius 3 is 2.45 bits per heavy atom. The molecule has 158 valence electrons. The molecule has 0 amide bonds. The van der Waals surface area contributed by atoms with Crippen molar-refractivity contribution < 1.29 is 9.47 Å². The van der Waals surface area contributed by atoms with Gasteiger partial charge >= 0.3 is 0 Å². The second-order valence-electron chi connectivity index (χ2n) is 7.81. The van der Waals surface area contributed by atoms with Crippen molar-refractivity contribution in [1.82, 2.24) is 24.4 Å². The Morgan fingerprint density at radius 2 is 1.81 bits per heavy atom. The third-order valence-electron chi connectivity index (χ3n) is 5.60. The minimum atomic E-state index is 0.162. The number of ether oxygens (including phenoxy) is 2. The van der Waals surface area contributed by atoms with Gasteiger partial charge in [0.1, 0.15) is 18.2 Å². The van der Waals surface area contributed by atoms with Crippen LogP contribution >= 0.6 is 0 Å². The van der Waals surface area contributed by atoms with Crippen molar-refractivity contribution in [1.29, 1.82) is 0 Å². The molecule has 0 N–H and O–H groups in total. The van der Waals surface area contributed by atoms with Crippen molar-refractivity contribution in [3.63, 3.8) is 0 Å². The Kier molecular flexibility index (Phi) is 5.60. The molecule has 4 aromatic rings. The van der Waals surface area contributed by atoms with Gasteiger partial charge in [-0.1, -0.05) is 12.1 Å². The number of nitrogens with zero attached hydrogens (tertiary/aromatic N) is 5. The van der Waals surface area contributed by atoms with Gasteiger partial charge in [-0.25, -0.2) is 4.98 Å². The van der Waals surface area contributed by atoms with E-state index < -0.39 is 0 Å². The molecular weight excluding hydrogens is 390 g/mol. The number of pyridine rings is 2. The fourth-order valence-corrected chi connectivity index (χ4v) is 4.24. The minimum absolute atomic E-state index is 0.162. The predicted octanol–water partition coefficient (Wildman–Crippen LogP) is 3.61. The van der Waals surface area contributed by atoms with E-state index in [2.05, 4.69) is 37.6 Å². The lowest BCUT2D eigenvalue weighted by Gasteiger charge is -2.32. The van der Waals surface area contributed by atoms with E-state index in [4.69, 9.17) is 14.5 Å². The molecule has 0 saturated carbocycles. The molecule has 4 heterocycles. The molecule has 1 atom stereocenters. The quantitative estimate of drug-likeness (QED) is 0.459. The zero-order valence-electron chi connectivity index (χ0n) is 17.5. The van der Waals surface area contributed by atoms with Gasteiger partial charge in [-0.15, -0.1) is 0 Å². The molecule has 0 spiro atoms. The summed E-state index contributed by atoms with van der Waals surface area (Å²) in [6.45, 7) is 3.61. The Balaban J connectivity index is 1.45. The average Bonchev–Trinajstić information content (AvgIpc) is 3.19. The molecule has 5 rings (SSSR count). The van der Waals surface area contributed by atoms with E-state index in [1.165, 1.54) is 11.1 Å². The molecule has 1 unspecified atom stereocenters. The summed E-state index contributed by atoms with van der Waals surface area (Å²) in [5, 5.41) is 0. The Hall–Kier alpha value is -3.29. The smallest absolute Gasteiger partial charge is 0.136 e. The first-order valence-electron chi connectivity index (χ1n) is 10.4. The molecule has 0 saturated heterocycles. The monoisotopic (exact) mass is 415 g/mol. The highest BCUT2D eigenvalue weighted by Gasteiger charge is 2.26. The lowest BCUT2D eigenvalue weighted by molar-refractivity contribution is 0.0402. The van der Waals surface area contributed by atoms with Gasteiger partial charge in [0.15, 0.2) is 0 Å². The number of fused-ring (bicyclic) bond motifs is 3. The molecule has 1 aromatic carbocycles. The lowest BCUT2D eigenvalue weighted by atomic mass is 10.1. The van der Waals surface area contributed by atoms with Crippen LogP contribution in [0.25, 0.3) is 11.0 Å². The molecular formula is C24H25N5O2. The van der Waals surface area contributed by atoms with Crippen molar-refractivity contribution in [2.45, 2.75) is 25.7 Å². The largest absolute Gasteiger partial charge is 0.497 e. The van der Waals surface area contributed by atoms with Crippen LogP contribution in [0.5, 0.6) is 5.75 Å². The first kappa shape index (κ1) is 19.7. The summed E-state index contributed by atoms with van der Waals surface area (Å²) in [7, 11) is 1.68. The van der Waals surface area contributed by atoms with Gasteiger partial charge < -0.3 is 14.0 Å². The number of hydrogen-bond acceptors (Lipinski definition) is 6. The van der Waals surface area contributed by atoms with Gasteiger partial charge in [0.05, 0.1) is 30.8 Å². The number of hydrogen-bond donors (Lipinski definition) is 0. The Morgan fingerprint density at radius 1 is 1.06 bits per heavy atom. The van der Waals surface area contributed by atoms with Crippen LogP contribution in [-0.4, -0.2) is 44.7 Å². The van der Waals surface area contributed by atoms with Crippen molar-refractivity contribution in [3.8, 4) is 5.75 Å². The number of methoxy groups -OCH3 is 1. The molecule has 0 radical (unpaired) electrons. The van der Waals surface area contributed by atoms with Crippen LogP contribution in [0.4, 0.5) is 0 Å². The zero-order valence-corrected chi connectivity index (χ0v) is 17.5. The third-order valence-corrected chi connectivity index (χ3v) is 5.60. The molecule has 1 aliphatic heterocycles. The minimum Gasteiger partial charge on any atom is -0.497 e. The molecule has 0 aliphatic carbocycles. The number of rotatable bonds is 7. The summed E-state index contributed by atoms with van der Waals surface area (Å²) >= 11 is 0. The number of benzene rings is 1. The predicted molar refractivity (Wildman–Crippen MR) is 118 cm³/mol. The molecule has 7 nitrogen and oxygen atoms in total. The molecule has 1 aliphatic rings. The van der Waals surface area contributed by atoms with Gasteiger partial charge in [0, 0.05) is 50.5 Å². The van der Waals surface area contributed by atoms with Crippen LogP contribution in [-0.2, 0) is 24.4 Å². The van der Waals surface area contributed by atoms with E-state index in [0.717, 1.165) is 42.2 Å². The highest BCUT2D eigenvalue weighted by molar-refractivity contribution is 5.78. The average molecular weight is 415 g/mol. The second kappa shape index (κ2) is 8.83. The van der Waals surface area contributed by atoms with Gasteiger partial charge in [-0.2, -0.15) is 0 Å². The van der Waals surface area contributed by atoms with Gasteiger partial charge in [-0.05, 0) is 35.4 Å². The van der Waals surface area contributed by atoms with Crippen molar-refractivity contribution in [2.75, 3.05) is 20.3 Å². The highest BCUT2D eigenvalue weighted by Crippen LogP contribution is 2.29. The summed E-state index contributed by atoms with van der Waals surface area (Å²) in [6, 6.07) is 14.4. The maximum atomic E-state index is 5.93. The van der Waals surface area contributed by atoms with Crippen LogP contribution in [0.1, 0.15) is 23.0 Å².